The molecule has 8 heteroatoms. The van der Waals surface area contributed by atoms with Gasteiger partial charge in [0, 0.05) is 11.8 Å². The standard InChI is InChI=1S/C13H13N3O4S/c1-6-11(21-7(2)14-6)16-13(20)15-8-3-4-9(12(18)19)10(17)5-8/h3-5,17H,1-2H3,(H,18,19)(H2,15,16,20). The molecule has 2 rings (SSSR count). The maximum Gasteiger partial charge on any atom is 0.339 e. The number of hydrogen-bond donors (Lipinski definition) is 4. The Morgan fingerprint density at radius 3 is 2.48 bits per heavy atom. The summed E-state index contributed by atoms with van der Waals surface area (Å²) in [6.07, 6.45) is 0. The van der Waals surface area contributed by atoms with Gasteiger partial charge in [-0.25, -0.2) is 14.6 Å². The van der Waals surface area contributed by atoms with Crippen molar-refractivity contribution < 1.29 is 19.8 Å². The van der Waals surface area contributed by atoms with Crippen molar-refractivity contribution in [3.05, 3.63) is 34.5 Å². The predicted octanol–water partition coefficient (Wildman–Crippen LogP) is 2.81. The number of nitrogens with one attached hydrogen (secondary N) is 2. The van der Waals surface area contributed by atoms with Crippen molar-refractivity contribution in [2.45, 2.75) is 13.8 Å². The van der Waals surface area contributed by atoms with Gasteiger partial charge in [-0.3, -0.25) is 5.32 Å². The molecule has 1 heterocycles. The van der Waals surface area contributed by atoms with Crippen LogP contribution in [0.5, 0.6) is 5.75 Å². The zero-order chi connectivity index (χ0) is 15.6. The second-order valence-electron chi connectivity index (χ2n) is 4.26. The largest absolute Gasteiger partial charge is 0.507 e. The molecule has 0 unspecified atom stereocenters. The molecule has 0 bridgehead atoms. The highest BCUT2D eigenvalue weighted by molar-refractivity contribution is 7.16. The lowest BCUT2D eigenvalue weighted by Crippen LogP contribution is -2.19. The first-order valence-electron chi connectivity index (χ1n) is 5.95. The van der Waals surface area contributed by atoms with Gasteiger partial charge in [-0.05, 0) is 26.0 Å². The van der Waals surface area contributed by atoms with E-state index in [1.165, 1.54) is 29.5 Å². The number of carboxylic acid groups (broad SMARTS) is 1. The van der Waals surface area contributed by atoms with E-state index in [2.05, 4.69) is 15.6 Å². The van der Waals surface area contributed by atoms with Crippen LogP contribution in [-0.4, -0.2) is 27.2 Å². The molecule has 7 nitrogen and oxygen atoms in total. The van der Waals surface area contributed by atoms with Gasteiger partial charge in [0.25, 0.3) is 0 Å². The average Bonchev–Trinajstić information content (AvgIpc) is 2.67. The summed E-state index contributed by atoms with van der Waals surface area (Å²) in [6.45, 7) is 3.62. The number of phenols is 1. The third kappa shape index (κ3) is 3.48. The molecule has 1 aromatic heterocycles. The number of thiazole rings is 1. The predicted molar refractivity (Wildman–Crippen MR) is 79.3 cm³/mol. The SMILES string of the molecule is Cc1nc(C)c(NC(=O)Nc2ccc(C(=O)O)c(O)c2)s1. The highest BCUT2D eigenvalue weighted by Gasteiger charge is 2.12. The molecule has 0 aliphatic heterocycles. The molecule has 21 heavy (non-hydrogen) atoms. The number of aromatic nitrogens is 1. The molecule has 0 aliphatic carbocycles. The Morgan fingerprint density at radius 1 is 1.24 bits per heavy atom. The van der Waals surface area contributed by atoms with Gasteiger partial charge < -0.3 is 15.5 Å². The number of anilines is 2. The van der Waals surface area contributed by atoms with E-state index in [4.69, 9.17) is 5.11 Å². The summed E-state index contributed by atoms with van der Waals surface area (Å²) in [5.41, 5.74) is 0.778. The van der Waals surface area contributed by atoms with Gasteiger partial charge in [-0.15, -0.1) is 11.3 Å². The molecule has 2 amide bonds. The van der Waals surface area contributed by atoms with Crippen molar-refractivity contribution in [3.63, 3.8) is 0 Å². The topological polar surface area (TPSA) is 112 Å². The quantitative estimate of drug-likeness (QED) is 0.696. The van der Waals surface area contributed by atoms with Gasteiger partial charge in [-0.2, -0.15) is 0 Å². The lowest BCUT2D eigenvalue weighted by atomic mass is 10.2. The van der Waals surface area contributed by atoms with E-state index >= 15 is 0 Å². The van der Waals surface area contributed by atoms with E-state index in [1.807, 2.05) is 6.92 Å². The van der Waals surface area contributed by atoms with E-state index in [9.17, 15) is 14.7 Å². The first kappa shape index (κ1) is 14.8. The molecule has 2 aromatic rings. The molecule has 0 spiro atoms. The van der Waals surface area contributed by atoms with Crippen molar-refractivity contribution in [2.75, 3.05) is 10.6 Å². The second-order valence-corrected chi connectivity index (χ2v) is 5.47. The number of carbonyl (C=O) groups is 2. The highest BCUT2D eigenvalue weighted by atomic mass is 32.1. The third-order valence-corrected chi connectivity index (χ3v) is 3.60. The van der Waals surface area contributed by atoms with Crippen LogP contribution in [0.25, 0.3) is 0 Å². The van der Waals surface area contributed by atoms with Gasteiger partial charge >= 0.3 is 12.0 Å². The summed E-state index contributed by atoms with van der Waals surface area (Å²) in [5, 5.41) is 25.0. The van der Waals surface area contributed by atoms with Gasteiger partial charge in [-0.1, -0.05) is 0 Å². The van der Waals surface area contributed by atoms with E-state index in [-0.39, 0.29) is 11.3 Å². The Kier molecular flexibility index (Phi) is 4.08. The van der Waals surface area contributed by atoms with Crippen molar-refractivity contribution in [3.8, 4) is 5.75 Å². The van der Waals surface area contributed by atoms with E-state index in [0.29, 0.717) is 5.00 Å². The van der Waals surface area contributed by atoms with E-state index < -0.39 is 17.7 Å². The molecule has 0 atom stereocenters. The number of nitrogens with zero attached hydrogens (tertiary/aromatic N) is 1. The Balaban J connectivity index is 2.08. The summed E-state index contributed by atoms with van der Waals surface area (Å²) in [5.74, 6) is -1.65. The summed E-state index contributed by atoms with van der Waals surface area (Å²) < 4.78 is 0. The Bertz CT molecular complexity index is 711. The molecule has 0 fully saturated rings. The van der Waals surface area contributed by atoms with Gasteiger partial charge in [0.15, 0.2) is 0 Å². The van der Waals surface area contributed by atoms with Crippen LogP contribution in [0.1, 0.15) is 21.1 Å². The van der Waals surface area contributed by atoms with Crippen LogP contribution in [0.2, 0.25) is 0 Å². The third-order valence-electron chi connectivity index (χ3n) is 2.62. The first-order valence-corrected chi connectivity index (χ1v) is 6.77. The Hall–Kier alpha value is -2.61. The minimum atomic E-state index is -1.24. The van der Waals surface area contributed by atoms with Crippen LogP contribution in [-0.2, 0) is 0 Å². The number of aromatic hydroxyl groups is 1. The number of carbonyl (C=O) groups excluding carboxylic acids is 1. The van der Waals surface area contributed by atoms with Crippen LogP contribution in [0.3, 0.4) is 0 Å². The summed E-state index contributed by atoms with van der Waals surface area (Å²) >= 11 is 1.35. The summed E-state index contributed by atoms with van der Waals surface area (Å²) in [6, 6.07) is 3.29. The monoisotopic (exact) mass is 307 g/mol. The van der Waals surface area contributed by atoms with E-state index in [0.717, 1.165) is 10.7 Å². The molecule has 0 radical (unpaired) electrons. The van der Waals surface area contributed by atoms with Crippen LogP contribution < -0.4 is 10.6 Å². The number of aryl methyl sites for hydroxylation is 2. The van der Waals surface area contributed by atoms with Crippen LogP contribution >= 0.6 is 11.3 Å². The van der Waals surface area contributed by atoms with Crippen LogP contribution in [0.4, 0.5) is 15.5 Å². The van der Waals surface area contributed by atoms with Crippen LogP contribution in [0.15, 0.2) is 18.2 Å². The van der Waals surface area contributed by atoms with Gasteiger partial charge in [0.05, 0.1) is 10.7 Å². The fourth-order valence-corrected chi connectivity index (χ4v) is 2.52. The highest BCUT2D eigenvalue weighted by Crippen LogP contribution is 2.24. The lowest BCUT2D eigenvalue weighted by molar-refractivity contribution is 0.0694. The molecule has 0 saturated carbocycles. The number of carboxylic acids is 1. The first-order chi connectivity index (χ1) is 9.86. The minimum Gasteiger partial charge on any atom is -0.507 e. The fourth-order valence-electron chi connectivity index (χ4n) is 1.70. The summed E-state index contributed by atoms with van der Waals surface area (Å²) in [7, 11) is 0. The minimum absolute atomic E-state index is 0.227. The van der Waals surface area contributed by atoms with Crippen molar-refractivity contribution >= 4 is 34.0 Å². The van der Waals surface area contributed by atoms with Crippen molar-refractivity contribution in [1.29, 1.82) is 0 Å². The molecule has 0 saturated heterocycles. The average molecular weight is 307 g/mol. The molecule has 1 aromatic carbocycles. The zero-order valence-corrected chi connectivity index (χ0v) is 12.1. The normalized spacial score (nSPS) is 10.2. The van der Waals surface area contributed by atoms with E-state index in [1.54, 1.807) is 6.92 Å². The lowest BCUT2D eigenvalue weighted by Gasteiger charge is -2.08. The number of amides is 2. The number of urea groups is 1. The maximum absolute atomic E-state index is 11.8. The molecule has 0 aliphatic rings. The number of benzene rings is 1. The number of rotatable bonds is 3. The number of aromatic carboxylic acids is 1. The molecule has 4 N–H and O–H groups in total. The Labute approximate surface area is 124 Å². The fraction of sp³-hybridized carbons (Fsp3) is 0.154. The Morgan fingerprint density at radius 2 is 1.95 bits per heavy atom. The van der Waals surface area contributed by atoms with Crippen molar-refractivity contribution in [2.24, 2.45) is 0 Å². The maximum atomic E-state index is 11.8. The van der Waals surface area contributed by atoms with Crippen molar-refractivity contribution in [1.82, 2.24) is 4.98 Å². The second kappa shape index (κ2) is 5.80. The van der Waals surface area contributed by atoms with Gasteiger partial charge in [0.1, 0.15) is 16.3 Å². The number of hydrogen-bond acceptors (Lipinski definition) is 5. The smallest absolute Gasteiger partial charge is 0.339 e. The van der Waals surface area contributed by atoms with Gasteiger partial charge in [0.2, 0.25) is 0 Å². The zero-order valence-electron chi connectivity index (χ0n) is 11.3. The molecule has 110 valence electrons. The molecular weight excluding hydrogens is 294 g/mol. The molecular formula is C13H13N3O4S. The van der Waals surface area contributed by atoms with Crippen LogP contribution in [0, 0.1) is 13.8 Å². The summed E-state index contributed by atoms with van der Waals surface area (Å²) in [4.78, 5) is 26.8.